The fourth-order valence-corrected chi connectivity index (χ4v) is 4.69. The van der Waals surface area contributed by atoms with Crippen molar-refractivity contribution >= 4 is 9.84 Å². The molecule has 1 aromatic carbocycles. The predicted molar refractivity (Wildman–Crippen MR) is 71.2 cm³/mol. The molecule has 18 heavy (non-hydrogen) atoms. The van der Waals surface area contributed by atoms with Crippen LogP contribution in [0.4, 0.5) is 0 Å². The molecule has 0 spiro atoms. The Hall–Kier alpha value is -0.870. The zero-order chi connectivity index (χ0) is 13.3. The first-order valence-corrected chi connectivity index (χ1v) is 7.92. The molecule has 4 heteroatoms. The van der Waals surface area contributed by atoms with E-state index in [4.69, 9.17) is 4.74 Å². The van der Waals surface area contributed by atoms with Crippen molar-refractivity contribution in [1.82, 2.24) is 0 Å². The molecule has 0 radical (unpaired) electrons. The molecule has 1 aromatic rings. The minimum Gasteiger partial charge on any atom is -0.374 e. The Kier molecular flexibility index (Phi) is 3.78. The Labute approximate surface area is 109 Å². The van der Waals surface area contributed by atoms with E-state index in [9.17, 15) is 8.42 Å². The molecule has 2 rings (SSSR count). The van der Waals surface area contributed by atoms with Crippen LogP contribution in [-0.4, -0.2) is 25.9 Å². The monoisotopic (exact) mass is 268 g/mol. The van der Waals surface area contributed by atoms with Crippen molar-refractivity contribution < 1.29 is 13.2 Å². The van der Waals surface area contributed by atoms with Crippen LogP contribution in [0.1, 0.15) is 27.2 Å². The average molecular weight is 268 g/mol. The standard InChI is InChI=1S/C14H20O3S/c1-10(2)14-13(9-11(3)17-14)18(15,16)12-7-5-4-6-8-12/h4-8,10-11,13-14H,9H2,1-3H3/t11-,13-,14+/m1/s1. The predicted octanol–water partition coefficient (Wildman–Crippen LogP) is 2.66. The van der Waals surface area contributed by atoms with Crippen LogP contribution >= 0.6 is 0 Å². The summed E-state index contributed by atoms with van der Waals surface area (Å²) in [5.74, 6) is 0.207. The highest BCUT2D eigenvalue weighted by Gasteiger charge is 2.43. The van der Waals surface area contributed by atoms with Gasteiger partial charge in [0, 0.05) is 0 Å². The molecule has 3 nitrogen and oxygen atoms in total. The Bertz CT molecular complexity index is 493. The molecule has 1 heterocycles. The Morgan fingerprint density at radius 1 is 1.22 bits per heavy atom. The fraction of sp³-hybridized carbons (Fsp3) is 0.571. The third-order valence-corrected chi connectivity index (χ3v) is 5.63. The van der Waals surface area contributed by atoms with E-state index >= 15 is 0 Å². The first kappa shape index (κ1) is 13.6. The molecule has 3 atom stereocenters. The van der Waals surface area contributed by atoms with Gasteiger partial charge in [0.15, 0.2) is 9.84 Å². The lowest BCUT2D eigenvalue weighted by molar-refractivity contribution is 0.0297. The van der Waals surface area contributed by atoms with Crippen molar-refractivity contribution in [3.63, 3.8) is 0 Å². The highest BCUT2D eigenvalue weighted by molar-refractivity contribution is 7.92. The number of ether oxygens (including phenoxy) is 1. The van der Waals surface area contributed by atoms with Gasteiger partial charge in [-0.05, 0) is 31.4 Å². The molecular formula is C14H20O3S. The third kappa shape index (κ3) is 2.45. The largest absolute Gasteiger partial charge is 0.374 e. The highest BCUT2D eigenvalue weighted by Crippen LogP contribution is 2.33. The first-order valence-electron chi connectivity index (χ1n) is 6.37. The van der Waals surface area contributed by atoms with E-state index in [2.05, 4.69) is 0 Å². The summed E-state index contributed by atoms with van der Waals surface area (Å²) in [6.07, 6.45) is 0.395. The summed E-state index contributed by atoms with van der Waals surface area (Å²) in [7, 11) is -3.29. The van der Waals surface area contributed by atoms with Crippen molar-refractivity contribution in [1.29, 1.82) is 0 Å². The summed E-state index contributed by atoms with van der Waals surface area (Å²) in [6, 6.07) is 8.67. The third-order valence-electron chi connectivity index (χ3n) is 3.45. The van der Waals surface area contributed by atoms with Crippen LogP contribution in [-0.2, 0) is 14.6 Å². The van der Waals surface area contributed by atoms with Crippen molar-refractivity contribution in [3.8, 4) is 0 Å². The quantitative estimate of drug-likeness (QED) is 0.846. The van der Waals surface area contributed by atoms with Crippen molar-refractivity contribution in [2.45, 2.75) is 49.5 Å². The van der Waals surface area contributed by atoms with Crippen LogP contribution in [0.5, 0.6) is 0 Å². The van der Waals surface area contributed by atoms with Gasteiger partial charge in [-0.2, -0.15) is 0 Å². The second-order valence-corrected chi connectivity index (χ2v) is 7.45. The van der Waals surface area contributed by atoms with Gasteiger partial charge in [-0.15, -0.1) is 0 Å². The molecule has 1 fully saturated rings. The van der Waals surface area contributed by atoms with E-state index in [1.165, 1.54) is 0 Å². The van der Waals surface area contributed by atoms with Crippen LogP contribution < -0.4 is 0 Å². The highest BCUT2D eigenvalue weighted by atomic mass is 32.2. The summed E-state index contributed by atoms with van der Waals surface area (Å²) in [6.45, 7) is 5.96. The molecule has 1 saturated heterocycles. The molecule has 0 saturated carbocycles. The smallest absolute Gasteiger partial charge is 0.183 e. The van der Waals surface area contributed by atoms with E-state index < -0.39 is 15.1 Å². The van der Waals surface area contributed by atoms with E-state index in [0.29, 0.717) is 11.3 Å². The molecule has 0 aliphatic carbocycles. The molecule has 0 N–H and O–H groups in total. The molecule has 0 amide bonds. The lowest BCUT2D eigenvalue weighted by Gasteiger charge is -2.22. The number of hydrogen-bond donors (Lipinski definition) is 0. The maximum absolute atomic E-state index is 12.6. The van der Waals surface area contributed by atoms with Crippen molar-refractivity contribution in [2.75, 3.05) is 0 Å². The van der Waals surface area contributed by atoms with Gasteiger partial charge < -0.3 is 4.74 Å². The van der Waals surface area contributed by atoms with Gasteiger partial charge in [-0.3, -0.25) is 0 Å². The SMILES string of the molecule is CC(C)[C@@H]1O[C@H](C)C[C@H]1S(=O)(=O)c1ccccc1. The zero-order valence-electron chi connectivity index (χ0n) is 11.0. The van der Waals surface area contributed by atoms with Crippen molar-refractivity contribution in [2.24, 2.45) is 5.92 Å². The maximum Gasteiger partial charge on any atom is 0.183 e. The van der Waals surface area contributed by atoms with Crippen LogP contribution in [0.3, 0.4) is 0 Å². The lowest BCUT2D eigenvalue weighted by atomic mass is 10.0. The molecule has 100 valence electrons. The molecule has 0 aromatic heterocycles. The molecule has 0 unspecified atom stereocenters. The van der Waals surface area contributed by atoms with Crippen molar-refractivity contribution in [3.05, 3.63) is 30.3 Å². The summed E-state index contributed by atoms with van der Waals surface area (Å²) >= 11 is 0. The van der Waals surface area contributed by atoms with Gasteiger partial charge in [0.1, 0.15) is 0 Å². The fourth-order valence-electron chi connectivity index (χ4n) is 2.55. The second-order valence-electron chi connectivity index (χ2n) is 5.29. The normalized spacial score (nSPS) is 28.8. The topological polar surface area (TPSA) is 43.4 Å². The average Bonchev–Trinajstić information content (AvgIpc) is 2.73. The zero-order valence-corrected chi connectivity index (χ0v) is 11.9. The minimum atomic E-state index is -3.29. The van der Waals surface area contributed by atoms with E-state index in [-0.39, 0.29) is 18.1 Å². The summed E-state index contributed by atoms with van der Waals surface area (Å²) in [5.41, 5.74) is 0. The Morgan fingerprint density at radius 2 is 1.83 bits per heavy atom. The Balaban J connectivity index is 2.35. The van der Waals surface area contributed by atoms with Gasteiger partial charge >= 0.3 is 0 Å². The number of rotatable bonds is 3. The second kappa shape index (κ2) is 5.02. The van der Waals surface area contributed by atoms with E-state index in [1.807, 2.05) is 26.8 Å². The van der Waals surface area contributed by atoms with Gasteiger partial charge in [0.05, 0.1) is 22.4 Å². The van der Waals surface area contributed by atoms with Crippen LogP contribution in [0, 0.1) is 5.92 Å². The van der Waals surface area contributed by atoms with Gasteiger partial charge in [-0.25, -0.2) is 8.42 Å². The molecule has 0 bridgehead atoms. The lowest BCUT2D eigenvalue weighted by Crippen LogP contribution is -2.34. The van der Waals surface area contributed by atoms with E-state index in [1.54, 1.807) is 24.3 Å². The summed E-state index contributed by atoms with van der Waals surface area (Å²) in [5, 5.41) is -0.421. The van der Waals surface area contributed by atoms with Gasteiger partial charge in [-0.1, -0.05) is 32.0 Å². The first-order chi connectivity index (χ1) is 8.43. The molecule has 1 aliphatic heterocycles. The number of hydrogen-bond acceptors (Lipinski definition) is 3. The van der Waals surface area contributed by atoms with Gasteiger partial charge in [0.2, 0.25) is 0 Å². The molecular weight excluding hydrogens is 248 g/mol. The maximum atomic E-state index is 12.6. The minimum absolute atomic E-state index is 0.0147. The van der Waals surface area contributed by atoms with Gasteiger partial charge in [0.25, 0.3) is 0 Å². The summed E-state index contributed by atoms with van der Waals surface area (Å²) in [4.78, 5) is 0.401. The Morgan fingerprint density at radius 3 is 2.39 bits per heavy atom. The van der Waals surface area contributed by atoms with Crippen LogP contribution in [0.15, 0.2) is 35.2 Å². The van der Waals surface area contributed by atoms with E-state index in [0.717, 1.165) is 0 Å². The summed E-state index contributed by atoms with van der Waals surface area (Å²) < 4.78 is 31.0. The van der Waals surface area contributed by atoms with Crippen LogP contribution in [0.2, 0.25) is 0 Å². The molecule has 1 aliphatic rings. The number of sulfone groups is 1. The number of benzene rings is 1. The van der Waals surface area contributed by atoms with Crippen LogP contribution in [0.25, 0.3) is 0 Å².